The summed E-state index contributed by atoms with van der Waals surface area (Å²) in [6.07, 6.45) is 5.89. The zero-order chi connectivity index (χ0) is 16.4. The van der Waals surface area contributed by atoms with Crippen LogP contribution in [0.15, 0.2) is 30.6 Å². The normalized spacial score (nSPS) is 20.4. The van der Waals surface area contributed by atoms with Crippen LogP contribution in [0.1, 0.15) is 23.2 Å². The molecule has 5 nitrogen and oxygen atoms in total. The fourth-order valence-corrected chi connectivity index (χ4v) is 4.76. The molecule has 1 aromatic heterocycles. The third-order valence-electron chi connectivity index (χ3n) is 5.04. The third-order valence-corrected chi connectivity index (χ3v) is 6.09. The van der Waals surface area contributed by atoms with Crippen LogP contribution in [0.25, 0.3) is 11.0 Å². The van der Waals surface area contributed by atoms with Gasteiger partial charge >= 0.3 is 0 Å². The van der Waals surface area contributed by atoms with Gasteiger partial charge in [-0.05, 0) is 36.5 Å². The van der Waals surface area contributed by atoms with Crippen molar-refractivity contribution < 1.29 is 4.79 Å². The second kappa shape index (κ2) is 7.07. The number of thioether (sulfide) groups is 1. The van der Waals surface area contributed by atoms with Crippen molar-refractivity contribution in [2.24, 2.45) is 0 Å². The molecule has 0 N–H and O–H groups in total. The minimum Gasteiger partial charge on any atom is -0.336 e. The summed E-state index contributed by atoms with van der Waals surface area (Å²) in [6, 6.07) is 6.37. The first-order chi connectivity index (χ1) is 11.8. The van der Waals surface area contributed by atoms with Crippen LogP contribution in [-0.2, 0) is 0 Å². The number of para-hydroxylation sites is 1. The van der Waals surface area contributed by atoms with E-state index in [2.05, 4.69) is 26.6 Å². The quantitative estimate of drug-likeness (QED) is 0.838. The maximum absolute atomic E-state index is 12.9. The topological polar surface area (TPSA) is 49.3 Å². The lowest BCUT2D eigenvalue weighted by atomic mass is 10.1. The van der Waals surface area contributed by atoms with Gasteiger partial charge in [-0.25, -0.2) is 0 Å². The number of carbonyl (C=O) groups excluding carboxylic acids is 1. The fourth-order valence-electron chi connectivity index (χ4n) is 3.68. The minimum absolute atomic E-state index is 0.0833. The predicted octanol–water partition coefficient (Wildman–Crippen LogP) is 2.28. The van der Waals surface area contributed by atoms with Crippen LogP contribution < -0.4 is 0 Å². The molecule has 6 heteroatoms. The molecule has 0 aliphatic carbocycles. The summed E-state index contributed by atoms with van der Waals surface area (Å²) < 4.78 is 0. The Balaban J connectivity index is 1.46. The number of rotatable bonds is 2. The molecule has 0 unspecified atom stereocenters. The van der Waals surface area contributed by atoms with Crippen molar-refractivity contribution in [3.8, 4) is 0 Å². The molecule has 3 heterocycles. The Morgan fingerprint density at radius 3 is 2.58 bits per heavy atom. The minimum atomic E-state index is 0.0833. The van der Waals surface area contributed by atoms with Gasteiger partial charge in [0.15, 0.2) is 0 Å². The summed E-state index contributed by atoms with van der Waals surface area (Å²) in [5, 5.41) is 0. The highest BCUT2D eigenvalue weighted by molar-refractivity contribution is 7.99. The predicted molar refractivity (Wildman–Crippen MR) is 97.4 cm³/mol. The number of piperazine rings is 1. The highest BCUT2D eigenvalue weighted by Crippen LogP contribution is 2.23. The van der Waals surface area contributed by atoms with Crippen LogP contribution in [0.4, 0.5) is 0 Å². The Morgan fingerprint density at radius 2 is 1.79 bits per heavy atom. The number of nitrogens with zero attached hydrogens (tertiary/aromatic N) is 4. The zero-order valence-electron chi connectivity index (χ0n) is 13.7. The Hall–Kier alpha value is -1.66. The van der Waals surface area contributed by atoms with Gasteiger partial charge in [0, 0.05) is 44.6 Å². The Morgan fingerprint density at radius 1 is 1.04 bits per heavy atom. The first kappa shape index (κ1) is 15.8. The van der Waals surface area contributed by atoms with Crippen molar-refractivity contribution >= 4 is 28.7 Å². The van der Waals surface area contributed by atoms with Crippen molar-refractivity contribution in [1.29, 1.82) is 0 Å². The van der Waals surface area contributed by atoms with E-state index < -0.39 is 0 Å². The lowest BCUT2D eigenvalue weighted by molar-refractivity contribution is 0.0561. The molecule has 126 valence electrons. The van der Waals surface area contributed by atoms with Crippen LogP contribution in [-0.4, -0.2) is 69.4 Å². The van der Waals surface area contributed by atoms with E-state index in [0.717, 1.165) is 31.7 Å². The molecule has 0 atom stereocenters. The lowest BCUT2D eigenvalue weighted by Crippen LogP contribution is -2.52. The second-order valence-corrected chi connectivity index (χ2v) is 7.63. The van der Waals surface area contributed by atoms with Crippen molar-refractivity contribution in [1.82, 2.24) is 19.8 Å². The van der Waals surface area contributed by atoms with Crippen LogP contribution in [0, 0.1) is 0 Å². The number of carbonyl (C=O) groups is 1. The molecule has 1 aromatic carbocycles. The van der Waals surface area contributed by atoms with Gasteiger partial charge in [0.2, 0.25) is 0 Å². The molecule has 2 fully saturated rings. The molecule has 2 aliphatic rings. The summed E-state index contributed by atoms with van der Waals surface area (Å²) >= 11 is 2.06. The standard InChI is InChI=1S/C18H22N4OS/c23-18(15-2-1-3-16-17(15)20-7-6-19-16)22-10-8-21(9-11-22)14-4-12-24-13-5-14/h1-3,6-7,14H,4-5,8-13H2. The smallest absolute Gasteiger partial charge is 0.256 e. The molecule has 4 rings (SSSR count). The Labute approximate surface area is 146 Å². The van der Waals surface area contributed by atoms with E-state index in [1.165, 1.54) is 24.3 Å². The second-order valence-electron chi connectivity index (χ2n) is 6.40. The summed E-state index contributed by atoms with van der Waals surface area (Å²) in [4.78, 5) is 26.1. The van der Waals surface area contributed by atoms with E-state index in [0.29, 0.717) is 17.1 Å². The number of hydrogen-bond donors (Lipinski definition) is 0. The largest absolute Gasteiger partial charge is 0.336 e. The summed E-state index contributed by atoms with van der Waals surface area (Å²) in [6.45, 7) is 3.58. The van der Waals surface area contributed by atoms with Gasteiger partial charge in [-0.15, -0.1) is 0 Å². The number of benzene rings is 1. The molecule has 2 aliphatic heterocycles. The summed E-state index contributed by atoms with van der Waals surface area (Å²) in [5.74, 6) is 2.64. The van der Waals surface area contributed by atoms with E-state index >= 15 is 0 Å². The Kier molecular flexibility index (Phi) is 4.67. The molecule has 0 radical (unpaired) electrons. The molecule has 0 spiro atoms. The number of hydrogen-bond acceptors (Lipinski definition) is 5. The maximum atomic E-state index is 12.9. The van der Waals surface area contributed by atoms with E-state index in [-0.39, 0.29) is 5.91 Å². The van der Waals surface area contributed by atoms with Crippen molar-refractivity contribution in [2.75, 3.05) is 37.7 Å². The first-order valence-electron chi connectivity index (χ1n) is 8.64. The highest BCUT2D eigenvalue weighted by atomic mass is 32.2. The zero-order valence-corrected chi connectivity index (χ0v) is 14.5. The SMILES string of the molecule is O=C(c1cccc2nccnc12)N1CCN(C2CCSCC2)CC1. The molecule has 0 saturated carbocycles. The van der Waals surface area contributed by atoms with Crippen molar-refractivity contribution in [3.05, 3.63) is 36.2 Å². The van der Waals surface area contributed by atoms with Crippen LogP contribution >= 0.6 is 11.8 Å². The molecule has 2 aromatic rings. The third kappa shape index (κ3) is 3.13. The van der Waals surface area contributed by atoms with Gasteiger partial charge in [0.25, 0.3) is 5.91 Å². The molecule has 2 saturated heterocycles. The number of amides is 1. The van der Waals surface area contributed by atoms with Crippen molar-refractivity contribution in [3.63, 3.8) is 0 Å². The lowest BCUT2D eigenvalue weighted by Gasteiger charge is -2.40. The van der Waals surface area contributed by atoms with Gasteiger partial charge in [-0.2, -0.15) is 11.8 Å². The average Bonchev–Trinajstić information content (AvgIpc) is 2.68. The van der Waals surface area contributed by atoms with Gasteiger partial charge in [0.1, 0.15) is 5.52 Å². The fraction of sp³-hybridized carbons (Fsp3) is 0.500. The van der Waals surface area contributed by atoms with Crippen LogP contribution in [0.2, 0.25) is 0 Å². The van der Waals surface area contributed by atoms with Gasteiger partial charge in [0.05, 0.1) is 11.1 Å². The number of fused-ring (bicyclic) bond motifs is 1. The van der Waals surface area contributed by atoms with Crippen LogP contribution in [0.3, 0.4) is 0 Å². The first-order valence-corrected chi connectivity index (χ1v) is 9.79. The van der Waals surface area contributed by atoms with E-state index in [1.54, 1.807) is 12.4 Å². The van der Waals surface area contributed by atoms with E-state index in [1.807, 2.05) is 23.1 Å². The molecule has 0 bridgehead atoms. The summed E-state index contributed by atoms with van der Waals surface area (Å²) in [7, 11) is 0. The summed E-state index contributed by atoms with van der Waals surface area (Å²) in [5.41, 5.74) is 2.15. The van der Waals surface area contributed by atoms with E-state index in [4.69, 9.17) is 0 Å². The average molecular weight is 342 g/mol. The van der Waals surface area contributed by atoms with E-state index in [9.17, 15) is 4.79 Å². The highest BCUT2D eigenvalue weighted by Gasteiger charge is 2.28. The van der Waals surface area contributed by atoms with Gasteiger partial charge in [-0.1, -0.05) is 6.07 Å². The van der Waals surface area contributed by atoms with Gasteiger partial charge in [-0.3, -0.25) is 19.7 Å². The molecular formula is C18H22N4OS. The molecular weight excluding hydrogens is 320 g/mol. The van der Waals surface area contributed by atoms with Crippen molar-refractivity contribution in [2.45, 2.75) is 18.9 Å². The van der Waals surface area contributed by atoms with Crippen LogP contribution in [0.5, 0.6) is 0 Å². The molecule has 1 amide bonds. The molecule has 24 heavy (non-hydrogen) atoms. The monoisotopic (exact) mass is 342 g/mol. The Bertz CT molecular complexity index is 719. The maximum Gasteiger partial charge on any atom is 0.256 e. The number of aromatic nitrogens is 2. The van der Waals surface area contributed by atoms with Gasteiger partial charge < -0.3 is 4.90 Å².